The van der Waals surface area contributed by atoms with Crippen LogP contribution in [0.4, 0.5) is 5.69 Å². The largest absolute Gasteiger partial charge is 0.495 e. The number of ether oxygens (including phenoxy) is 1. The maximum atomic E-state index is 14.6. The van der Waals surface area contributed by atoms with Crippen LogP contribution < -0.4 is 14.4 Å². The lowest BCUT2D eigenvalue weighted by Gasteiger charge is -2.34. The number of amides is 2. The summed E-state index contributed by atoms with van der Waals surface area (Å²) in [5.74, 6) is -0.553. The fourth-order valence-corrected chi connectivity index (χ4v) is 6.55. The molecule has 1 N–H and O–H groups in total. The second kappa shape index (κ2) is 14.9. The van der Waals surface area contributed by atoms with Gasteiger partial charge in [-0.3, -0.25) is 13.9 Å². The number of nitrogens with one attached hydrogen (secondary N) is 1. The molecule has 0 unspecified atom stereocenters. The first-order chi connectivity index (χ1) is 21.5. The SMILES string of the molecule is COc1ccccc1N(CC(=O)N(Cc1cccc(C)c1)[C@@H](Cc1ccccc1)C(=O)NC(C)C)S(=O)(=O)c1ccc(C)cc1. The topological polar surface area (TPSA) is 96.0 Å². The third kappa shape index (κ3) is 8.51. The van der Waals surface area contributed by atoms with Gasteiger partial charge in [0.05, 0.1) is 17.7 Å². The van der Waals surface area contributed by atoms with Crippen molar-refractivity contribution in [3.63, 3.8) is 0 Å². The first-order valence-electron chi connectivity index (χ1n) is 14.9. The molecule has 45 heavy (non-hydrogen) atoms. The van der Waals surface area contributed by atoms with Gasteiger partial charge in [-0.2, -0.15) is 0 Å². The van der Waals surface area contributed by atoms with E-state index in [4.69, 9.17) is 4.74 Å². The molecule has 0 aliphatic heterocycles. The summed E-state index contributed by atoms with van der Waals surface area (Å²) in [5, 5.41) is 2.98. The Morgan fingerprint density at radius 1 is 0.800 bits per heavy atom. The Morgan fingerprint density at radius 2 is 1.44 bits per heavy atom. The Hall–Kier alpha value is -4.63. The lowest BCUT2D eigenvalue weighted by atomic mass is 10.0. The minimum absolute atomic E-state index is 0.0374. The van der Waals surface area contributed by atoms with E-state index in [1.54, 1.807) is 36.4 Å². The average Bonchev–Trinajstić information content (AvgIpc) is 3.01. The molecule has 0 aromatic heterocycles. The number of benzene rings is 4. The second-order valence-corrected chi connectivity index (χ2v) is 13.2. The van der Waals surface area contributed by atoms with Crippen LogP contribution in [0, 0.1) is 13.8 Å². The molecule has 8 nitrogen and oxygen atoms in total. The van der Waals surface area contributed by atoms with Gasteiger partial charge < -0.3 is 15.0 Å². The predicted octanol–water partition coefficient (Wildman–Crippen LogP) is 5.67. The number of carbonyl (C=O) groups excluding carboxylic acids is 2. The van der Waals surface area contributed by atoms with E-state index in [0.717, 1.165) is 26.6 Å². The van der Waals surface area contributed by atoms with Crippen molar-refractivity contribution in [3.8, 4) is 5.75 Å². The van der Waals surface area contributed by atoms with Crippen LogP contribution in [0.3, 0.4) is 0 Å². The number of carbonyl (C=O) groups is 2. The van der Waals surface area contributed by atoms with Gasteiger partial charge >= 0.3 is 0 Å². The highest BCUT2D eigenvalue weighted by atomic mass is 32.2. The number of methoxy groups -OCH3 is 1. The van der Waals surface area contributed by atoms with Crippen LogP contribution in [-0.2, 0) is 32.6 Å². The minimum Gasteiger partial charge on any atom is -0.495 e. The fraction of sp³-hybridized carbons (Fsp3) is 0.278. The number of para-hydroxylation sites is 2. The molecule has 0 aliphatic carbocycles. The van der Waals surface area contributed by atoms with Crippen LogP contribution in [0.2, 0.25) is 0 Å². The van der Waals surface area contributed by atoms with Gasteiger partial charge in [0.2, 0.25) is 11.8 Å². The van der Waals surface area contributed by atoms with Crippen LogP contribution in [0.5, 0.6) is 5.75 Å². The Balaban J connectivity index is 1.83. The number of rotatable bonds is 13. The smallest absolute Gasteiger partial charge is 0.264 e. The molecule has 236 valence electrons. The second-order valence-electron chi connectivity index (χ2n) is 11.4. The average molecular weight is 628 g/mol. The molecule has 4 aromatic rings. The highest BCUT2D eigenvalue weighted by Gasteiger charge is 2.35. The summed E-state index contributed by atoms with van der Waals surface area (Å²) in [5.41, 5.74) is 3.82. The zero-order valence-electron chi connectivity index (χ0n) is 26.4. The quantitative estimate of drug-likeness (QED) is 0.206. The van der Waals surface area contributed by atoms with E-state index in [1.807, 2.05) is 82.3 Å². The van der Waals surface area contributed by atoms with Gasteiger partial charge in [0.15, 0.2) is 0 Å². The van der Waals surface area contributed by atoms with Crippen molar-refractivity contribution in [2.45, 2.75) is 57.6 Å². The number of aryl methyl sites for hydroxylation is 2. The van der Waals surface area contributed by atoms with E-state index >= 15 is 0 Å². The van der Waals surface area contributed by atoms with Crippen molar-refractivity contribution >= 4 is 27.5 Å². The maximum absolute atomic E-state index is 14.6. The third-order valence-electron chi connectivity index (χ3n) is 7.38. The van der Waals surface area contributed by atoms with E-state index in [9.17, 15) is 18.0 Å². The van der Waals surface area contributed by atoms with Crippen molar-refractivity contribution < 1.29 is 22.7 Å². The normalized spacial score (nSPS) is 12.0. The Labute approximate surface area is 266 Å². The van der Waals surface area contributed by atoms with E-state index in [2.05, 4.69) is 5.32 Å². The van der Waals surface area contributed by atoms with Gasteiger partial charge in [-0.1, -0.05) is 90.0 Å². The third-order valence-corrected chi connectivity index (χ3v) is 9.15. The summed E-state index contributed by atoms with van der Waals surface area (Å²) in [4.78, 5) is 29.9. The van der Waals surface area contributed by atoms with Gasteiger partial charge in [-0.25, -0.2) is 8.42 Å². The summed E-state index contributed by atoms with van der Waals surface area (Å²) >= 11 is 0. The molecule has 0 saturated carbocycles. The van der Waals surface area contributed by atoms with Crippen molar-refractivity contribution in [3.05, 3.63) is 125 Å². The van der Waals surface area contributed by atoms with Crippen LogP contribution in [0.1, 0.15) is 36.1 Å². The number of nitrogens with zero attached hydrogens (tertiary/aromatic N) is 2. The standard InChI is InChI=1S/C36H41N3O5S/c1-26(2)37-36(41)33(23-29-13-7-6-8-14-29)38(24-30-15-11-12-28(4)22-30)35(40)25-39(32-16-9-10-17-34(32)44-5)45(42,43)31-20-18-27(3)19-21-31/h6-22,26,33H,23-25H2,1-5H3,(H,37,41)/t33-/m0/s1. The minimum atomic E-state index is -4.23. The van der Waals surface area contributed by atoms with Gasteiger partial charge in [-0.05, 0) is 63.1 Å². The predicted molar refractivity (Wildman–Crippen MR) is 178 cm³/mol. The number of hydrogen-bond acceptors (Lipinski definition) is 5. The molecule has 0 heterocycles. The molecule has 2 amide bonds. The zero-order chi connectivity index (χ0) is 32.6. The highest BCUT2D eigenvalue weighted by Crippen LogP contribution is 2.33. The molecule has 0 aliphatic rings. The summed E-state index contributed by atoms with van der Waals surface area (Å²) in [6.45, 7) is 7.11. The van der Waals surface area contributed by atoms with E-state index in [0.29, 0.717) is 5.75 Å². The molecule has 4 aromatic carbocycles. The molecule has 1 atom stereocenters. The first kappa shape index (κ1) is 33.3. The Kier molecular flexibility index (Phi) is 11.0. The zero-order valence-corrected chi connectivity index (χ0v) is 27.3. The van der Waals surface area contributed by atoms with E-state index in [-0.39, 0.29) is 35.5 Å². The number of sulfonamides is 1. The molecule has 0 fully saturated rings. The summed E-state index contributed by atoms with van der Waals surface area (Å²) in [6, 6.07) is 29.3. The van der Waals surface area contributed by atoms with E-state index < -0.39 is 28.5 Å². The fourth-order valence-electron chi connectivity index (χ4n) is 5.13. The molecular formula is C36H41N3O5S. The lowest BCUT2D eigenvalue weighted by molar-refractivity contribution is -0.140. The molecular weight excluding hydrogens is 586 g/mol. The number of hydrogen-bond donors (Lipinski definition) is 1. The van der Waals surface area contributed by atoms with Crippen LogP contribution in [0.25, 0.3) is 0 Å². The highest BCUT2D eigenvalue weighted by molar-refractivity contribution is 7.92. The van der Waals surface area contributed by atoms with Crippen LogP contribution in [-0.4, -0.2) is 50.9 Å². The molecule has 0 radical (unpaired) electrons. The van der Waals surface area contributed by atoms with Crippen LogP contribution in [0.15, 0.2) is 108 Å². The molecule has 0 bridgehead atoms. The summed E-state index contributed by atoms with van der Waals surface area (Å²) in [7, 11) is -2.78. The van der Waals surface area contributed by atoms with Crippen molar-refractivity contribution in [2.75, 3.05) is 18.0 Å². The van der Waals surface area contributed by atoms with Gasteiger partial charge in [0.25, 0.3) is 10.0 Å². The van der Waals surface area contributed by atoms with Gasteiger partial charge in [-0.15, -0.1) is 0 Å². The molecule has 4 rings (SSSR count). The van der Waals surface area contributed by atoms with Crippen molar-refractivity contribution in [2.24, 2.45) is 0 Å². The Bertz CT molecular complexity index is 1710. The number of anilines is 1. The molecule has 0 spiro atoms. The molecule has 9 heteroatoms. The lowest BCUT2D eigenvalue weighted by Crippen LogP contribution is -2.54. The monoisotopic (exact) mass is 627 g/mol. The van der Waals surface area contributed by atoms with Gasteiger partial charge in [0.1, 0.15) is 18.3 Å². The molecule has 0 saturated heterocycles. The summed E-state index contributed by atoms with van der Waals surface area (Å²) in [6.07, 6.45) is 0.246. The van der Waals surface area contributed by atoms with Crippen LogP contribution >= 0.6 is 0 Å². The Morgan fingerprint density at radius 3 is 2.09 bits per heavy atom. The maximum Gasteiger partial charge on any atom is 0.264 e. The van der Waals surface area contributed by atoms with Crippen molar-refractivity contribution in [1.29, 1.82) is 0 Å². The van der Waals surface area contributed by atoms with E-state index in [1.165, 1.54) is 24.1 Å². The summed E-state index contributed by atoms with van der Waals surface area (Å²) < 4.78 is 35.1. The van der Waals surface area contributed by atoms with Crippen molar-refractivity contribution in [1.82, 2.24) is 10.2 Å². The first-order valence-corrected chi connectivity index (χ1v) is 16.4. The van der Waals surface area contributed by atoms with Gasteiger partial charge in [0, 0.05) is 19.0 Å².